The number of aldehydes is 2. The fourth-order valence-corrected chi connectivity index (χ4v) is 3.59. The lowest BCUT2D eigenvalue weighted by atomic mass is 10.2. The topological polar surface area (TPSA) is 102 Å². The Morgan fingerprint density at radius 3 is 1.08 bits per heavy atom. The van der Waals surface area contributed by atoms with E-state index in [-0.39, 0.29) is 11.5 Å². The van der Waals surface area contributed by atoms with Gasteiger partial charge in [-0.1, -0.05) is 48.5 Å². The Hall–Kier alpha value is -2.32. The van der Waals surface area contributed by atoms with Gasteiger partial charge < -0.3 is 0 Å². The van der Waals surface area contributed by atoms with Crippen LogP contribution in [0.3, 0.4) is 0 Å². The number of hydrogen-bond donors (Lipinski definition) is 0. The van der Waals surface area contributed by atoms with Gasteiger partial charge in [0, 0.05) is 23.6 Å². The number of carbonyl (C=O) groups is 2. The summed E-state index contributed by atoms with van der Waals surface area (Å²) in [5, 5.41) is 0. The minimum atomic E-state index is -2.99. The van der Waals surface area contributed by atoms with E-state index in [0.29, 0.717) is 22.3 Å². The fourth-order valence-electron chi connectivity index (χ4n) is 1.99. The normalized spacial score (nSPS) is 11.2. The van der Waals surface area contributed by atoms with Gasteiger partial charge in [-0.2, -0.15) is 0 Å². The van der Waals surface area contributed by atoms with Crippen molar-refractivity contribution in [3.05, 3.63) is 70.8 Å². The molecule has 0 saturated heterocycles. The zero-order valence-corrected chi connectivity index (χ0v) is 16.1. The van der Waals surface area contributed by atoms with Crippen molar-refractivity contribution >= 4 is 32.2 Å². The molecule has 2 rings (SSSR count). The average molecular weight is 396 g/mol. The summed E-state index contributed by atoms with van der Waals surface area (Å²) in [4.78, 5) is 20.6. The minimum Gasteiger partial charge on any atom is -0.298 e. The molecule has 0 N–H and O–H groups in total. The molecule has 2 aromatic carbocycles. The van der Waals surface area contributed by atoms with Crippen molar-refractivity contribution in [1.82, 2.24) is 0 Å². The van der Waals surface area contributed by atoms with E-state index in [0.717, 1.165) is 12.6 Å². The lowest BCUT2D eigenvalue weighted by Crippen LogP contribution is -2.00. The molecule has 0 radical (unpaired) electrons. The number of sulfone groups is 2. The Labute approximate surface area is 153 Å². The average Bonchev–Trinajstić information content (AvgIpc) is 2.54. The number of hydrogen-bond acceptors (Lipinski definition) is 6. The number of rotatable bonds is 6. The molecule has 26 heavy (non-hydrogen) atoms. The Morgan fingerprint density at radius 1 is 0.615 bits per heavy atom. The highest BCUT2D eigenvalue weighted by Gasteiger charge is 2.04. The highest BCUT2D eigenvalue weighted by atomic mass is 32.2. The first kappa shape index (κ1) is 21.7. The van der Waals surface area contributed by atoms with Crippen molar-refractivity contribution in [3.63, 3.8) is 0 Å². The Kier molecular flexibility index (Phi) is 7.85. The zero-order valence-electron chi connectivity index (χ0n) is 14.5. The first-order chi connectivity index (χ1) is 12.0. The molecular weight excluding hydrogens is 376 g/mol. The third kappa shape index (κ3) is 9.24. The highest BCUT2D eigenvalue weighted by molar-refractivity contribution is 7.90. The molecule has 0 fully saturated rings. The second kappa shape index (κ2) is 9.40. The molecule has 0 bridgehead atoms. The third-order valence-corrected chi connectivity index (χ3v) is 4.80. The monoisotopic (exact) mass is 396 g/mol. The number of benzene rings is 2. The molecule has 0 aliphatic heterocycles. The van der Waals surface area contributed by atoms with Crippen LogP contribution in [-0.4, -0.2) is 41.9 Å². The van der Waals surface area contributed by atoms with Gasteiger partial charge in [0.15, 0.2) is 19.7 Å². The van der Waals surface area contributed by atoms with Crippen LogP contribution in [0.25, 0.3) is 0 Å². The Morgan fingerprint density at radius 2 is 0.885 bits per heavy atom. The maximum Gasteiger partial charge on any atom is 0.151 e. The van der Waals surface area contributed by atoms with Crippen LogP contribution < -0.4 is 0 Å². The highest BCUT2D eigenvalue weighted by Crippen LogP contribution is 2.07. The first-order valence-electron chi connectivity index (χ1n) is 7.46. The summed E-state index contributed by atoms with van der Waals surface area (Å²) in [5.41, 5.74) is 2.51. The van der Waals surface area contributed by atoms with E-state index in [1.54, 1.807) is 48.5 Å². The van der Waals surface area contributed by atoms with Crippen molar-refractivity contribution in [2.45, 2.75) is 11.5 Å². The summed E-state index contributed by atoms with van der Waals surface area (Å²) < 4.78 is 43.5. The van der Waals surface area contributed by atoms with Gasteiger partial charge in [0.25, 0.3) is 0 Å². The maximum absolute atomic E-state index is 10.9. The molecule has 2 aromatic rings. The summed E-state index contributed by atoms with van der Waals surface area (Å²) in [6.45, 7) is 0. The van der Waals surface area contributed by atoms with E-state index < -0.39 is 19.7 Å². The lowest BCUT2D eigenvalue weighted by molar-refractivity contribution is 0.111. The summed E-state index contributed by atoms with van der Waals surface area (Å²) >= 11 is 0. The van der Waals surface area contributed by atoms with E-state index in [4.69, 9.17) is 0 Å². The van der Waals surface area contributed by atoms with Crippen LogP contribution in [0.1, 0.15) is 31.8 Å². The quantitative estimate of drug-likeness (QED) is 0.693. The van der Waals surface area contributed by atoms with Crippen molar-refractivity contribution in [3.8, 4) is 0 Å². The summed E-state index contributed by atoms with van der Waals surface area (Å²) in [5.74, 6) is 0.0400. The molecular formula is C18H20O6S2. The molecule has 0 aromatic heterocycles. The molecule has 0 amide bonds. The molecule has 8 heteroatoms. The largest absolute Gasteiger partial charge is 0.298 e. The van der Waals surface area contributed by atoms with Crippen LogP contribution in [-0.2, 0) is 31.2 Å². The van der Waals surface area contributed by atoms with Crippen LogP contribution in [0.2, 0.25) is 0 Å². The summed E-state index contributed by atoms with van der Waals surface area (Å²) in [6.07, 6.45) is 3.82. The van der Waals surface area contributed by atoms with Crippen LogP contribution in [0.4, 0.5) is 0 Å². The standard InChI is InChI=1S/2C9H10O3S/c2*1-13(11,12)7-9-4-2-8(6-10)3-5-9/h2*2-6H,7H2,1H3. The molecule has 0 spiro atoms. The van der Waals surface area contributed by atoms with Crippen molar-refractivity contribution in [2.75, 3.05) is 12.5 Å². The SMILES string of the molecule is CS(=O)(=O)Cc1ccc(C=O)cc1.CS(=O)(=O)Cc1ccc(C=O)cc1. The Balaban J connectivity index is 0.000000260. The predicted octanol–water partition coefficient (Wildman–Crippen LogP) is 2.09. The van der Waals surface area contributed by atoms with Crippen LogP contribution >= 0.6 is 0 Å². The molecule has 0 heterocycles. The molecule has 0 atom stereocenters. The van der Waals surface area contributed by atoms with Gasteiger partial charge in [-0.25, -0.2) is 16.8 Å². The minimum absolute atomic E-state index is 0.0200. The maximum atomic E-state index is 10.9. The second-order valence-electron chi connectivity index (χ2n) is 5.86. The van der Waals surface area contributed by atoms with Gasteiger partial charge in [-0.3, -0.25) is 9.59 Å². The second-order valence-corrected chi connectivity index (χ2v) is 10.1. The third-order valence-electron chi connectivity index (χ3n) is 3.09. The van der Waals surface area contributed by atoms with Gasteiger partial charge in [0.05, 0.1) is 11.5 Å². The smallest absolute Gasteiger partial charge is 0.151 e. The van der Waals surface area contributed by atoms with Gasteiger partial charge in [0.1, 0.15) is 12.6 Å². The van der Waals surface area contributed by atoms with Crippen molar-refractivity contribution in [1.29, 1.82) is 0 Å². The summed E-state index contributed by atoms with van der Waals surface area (Å²) in [6, 6.07) is 13.0. The summed E-state index contributed by atoms with van der Waals surface area (Å²) in [7, 11) is -5.97. The molecule has 0 saturated carbocycles. The van der Waals surface area contributed by atoms with E-state index in [2.05, 4.69) is 0 Å². The molecule has 140 valence electrons. The van der Waals surface area contributed by atoms with Gasteiger partial charge in [0.2, 0.25) is 0 Å². The van der Waals surface area contributed by atoms with Gasteiger partial charge in [-0.15, -0.1) is 0 Å². The molecule has 6 nitrogen and oxygen atoms in total. The van der Waals surface area contributed by atoms with Crippen LogP contribution in [0.5, 0.6) is 0 Å². The van der Waals surface area contributed by atoms with Crippen molar-refractivity contribution < 1.29 is 26.4 Å². The zero-order chi connectivity index (χ0) is 19.8. The van der Waals surface area contributed by atoms with E-state index in [1.165, 1.54) is 12.5 Å². The van der Waals surface area contributed by atoms with Crippen LogP contribution in [0.15, 0.2) is 48.5 Å². The fraction of sp³-hybridized carbons (Fsp3) is 0.222. The number of carbonyl (C=O) groups excluding carboxylic acids is 2. The van der Waals surface area contributed by atoms with E-state index in [1.807, 2.05) is 0 Å². The van der Waals surface area contributed by atoms with Crippen LogP contribution in [0, 0.1) is 0 Å². The van der Waals surface area contributed by atoms with Crippen molar-refractivity contribution in [2.24, 2.45) is 0 Å². The first-order valence-corrected chi connectivity index (χ1v) is 11.6. The molecule has 0 unspecified atom stereocenters. The molecule has 0 aliphatic rings. The molecule has 0 aliphatic carbocycles. The van der Waals surface area contributed by atoms with Gasteiger partial charge >= 0.3 is 0 Å². The predicted molar refractivity (Wildman–Crippen MR) is 101 cm³/mol. The lowest BCUT2D eigenvalue weighted by Gasteiger charge is -1.98. The van der Waals surface area contributed by atoms with Gasteiger partial charge in [-0.05, 0) is 11.1 Å². The van der Waals surface area contributed by atoms with E-state index >= 15 is 0 Å². The van der Waals surface area contributed by atoms with E-state index in [9.17, 15) is 26.4 Å². The Bertz CT molecular complexity index is 860.